The minimum atomic E-state index is -1.43. The lowest BCUT2D eigenvalue weighted by molar-refractivity contribution is -0.317. The van der Waals surface area contributed by atoms with E-state index in [0.717, 1.165) is 0 Å². The molecule has 14 atom stereocenters. The Bertz CT molecular complexity index is 1740. The number of ether oxygens (including phenoxy) is 12. The number of fused-ring (bicyclic) bond motifs is 2. The van der Waals surface area contributed by atoms with Gasteiger partial charge >= 0.3 is 11.9 Å². The van der Waals surface area contributed by atoms with Crippen LogP contribution < -0.4 is 0 Å². The van der Waals surface area contributed by atoms with Crippen molar-refractivity contribution in [2.75, 3.05) is 27.8 Å². The maximum absolute atomic E-state index is 14.0. The van der Waals surface area contributed by atoms with Gasteiger partial charge < -0.3 is 56.8 Å². The van der Waals surface area contributed by atoms with Crippen molar-refractivity contribution in [1.82, 2.24) is 0 Å². The number of carbonyl (C=O) groups is 4. The van der Waals surface area contributed by atoms with Crippen molar-refractivity contribution in [1.29, 1.82) is 0 Å². The summed E-state index contributed by atoms with van der Waals surface area (Å²) in [4.78, 5) is 55.8. The summed E-state index contributed by atoms with van der Waals surface area (Å²) in [6.07, 6.45) is 18.7. The van der Waals surface area contributed by atoms with Crippen molar-refractivity contribution in [3.8, 4) is 0 Å². The molecule has 0 N–H and O–H groups in total. The lowest BCUT2D eigenvalue weighted by Gasteiger charge is -2.45. The highest BCUT2D eigenvalue weighted by molar-refractivity contribution is 5.82. The second-order valence-electron chi connectivity index (χ2n) is 21.5. The second-order valence-corrected chi connectivity index (χ2v) is 21.5. The third-order valence-electron chi connectivity index (χ3n) is 14.6. The zero-order valence-corrected chi connectivity index (χ0v) is 45.4. The number of carbonyl (C=O) groups excluding carboxylic acids is 4. The van der Waals surface area contributed by atoms with Gasteiger partial charge in [-0.1, -0.05) is 76.3 Å². The smallest absolute Gasteiger partial charge is 0.341 e. The number of hydrogen-bond acceptors (Lipinski definition) is 16. The standard InChI is InChI=1S/C56H88O16/c1-37-29-31-47-41(5)45(57)33-43(63-35-61-11)27-23-19-16-14-18-22-26-40(4)66-52(60)50-56(72-54(9,10)70-50)38(2)30-32-48(68-56)42(6)46(58)34-44(64-36-62-12)28-24-20-15-13-17-21-25-39(3)65-51(59)49-55(37,67-47)71-53(7,8)69-49/h13-20,37-44,47-50H,21-36H2,1-12H3/b17-13?,18-14?,19-16-,20-15?/t37-,38-,39+,40+,41-,42-,43?,44?,47+,48+,49?,50?,55-,56-/m1/s1. The predicted octanol–water partition coefficient (Wildman–Crippen LogP) is 9.70. The zero-order chi connectivity index (χ0) is 52.7. The largest absolute Gasteiger partial charge is 0.461 e. The summed E-state index contributed by atoms with van der Waals surface area (Å²) in [6, 6.07) is 0. The highest BCUT2D eigenvalue weighted by atomic mass is 16.9. The second kappa shape index (κ2) is 27.6. The first-order valence-electron chi connectivity index (χ1n) is 26.6. The maximum atomic E-state index is 14.0. The van der Waals surface area contributed by atoms with E-state index in [1.54, 1.807) is 41.9 Å². The minimum absolute atomic E-state index is 0.0188. The molecule has 72 heavy (non-hydrogen) atoms. The molecule has 5 rings (SSSR count). The number of methoxy groups -OCH3 is 2. The fourth-order valence-corrected chi connectivity index (χ4v) is 10.3. The molecular weight excluding hydrogens is 929 g/mol. The molecule has 2 spiro atoms. The van der Waals surface area contributed by atoms with Gasteiger partial charge in [0.25, 0.3) is 0 Å². The van der Waals surface area contributed by atoms with Gasteiger partial charge in [-0.25, -0.2) is 9.59 Å². The highest BCUT2D eigenvalue weighted by Gasteiger charge is 2.65. The first kappa shape index (κ1) is 59.7. The van der Waals surface area contributed by atoms with Crippen LogP contribution in [0.15, 0.2) is 48.6 Å². The Morgan fingerprint density at radius 2 is 0.833 bits per heavy atom. The fourth-order valence-electron chi connectivity index (χ4n) is 10.3. The number of hydrogen-bond donors (Lipinski definition) is 0. The van der Waals surface area contributed by atoms with Crippen LogP contribution in [-0.4, -0.2) is 123 Å². The van der Waals surface area contributed by atoms with Crippen molar-refractivity contribution in [3.63, 3.8) is 0 Å². The van der Waals surface area contributed by atoms with Gasteiger partial charge in [-0.15, -0.1) is 0 Å². The topological polar surface area (TPSA) is 179 Å². The molecule has 4 fully saturated rings. The van der Waals surface area contributed by atoms with E-state index in [-0.39, 0.29) is 49.8 Å². The van der Waals surface area contributed by atoms with Gasteiger partial charge in [0.2, 0.25) is 23.8 Å². The number of rotatable bonds is 6. The van der Waals surface area contributed by atoms with Gasteiger partial charge in [0, 0.05) is 50.7 Å². The molecule has 5 heterocycles. The van der Waals surface area contributed by atoms with Gasteiger partial charge in [-0.2, -0.15) is 0 Å². The summed E-state index contributed by atoms with van der Waals surface area (Å²) < 4.78 is 73.3. The molecular formula is C56H88O16. The molecule has 0 saturated carbocycles. The van der Waals surface area contributed by atoms with E-state index in [9.17, 15) is 19.2 Å². The number of esters is 2. The van der Waals surface area contributed by atoms with Crippen LogP contribution in [0.3, 0.4) is 0 Å². The summed E-state index contributed by atoms with van der Waals surface area (Å²) in [5.41, 5.74) is 0. The lowest BCUT2D eigenvalue weighted by atomic mass is 9.82. The zero-order valence-electron chi connectivity index (χ0n) is 45.4. The molecule has 16 heteroatoms. The van der Waals surface area contributed by atoms with Gasteiger partial charge in [0.15, 0.2) is 11.6 Å². The molecule has 0 aromatic heterocycles. The lowest BCUT2D eigenvalue weighted by Crippen LogP contribution is -2.58. The van der Waals surface area contributed by atoms with Crippen molar-refractivity contribution in [2.45, 2.75) is 231 Å². The van der Waals surface area contributed by atoms with E-state index >= 15 is 0 Å². The molecule has 5 aliphatic rings. The summed E-state index contributed by atoms with van der Waals surface area (Å²) in [6.45, 7) is 18.5. The predicted molar refractivity (Wildman–Crippen MR) is 268 cm³/mol. The van der Waals surface area contributed by atoms with Crippen LogP contribution in [0.1, 0.15) is 159 Å². The van der Waals surface area contributed by atoms with Crippen LogP contribution in [0.25, 0.3) is 0 Å². The SMILES string of the molecule is COCOC1CCC=CC=CCC[C@H](C)OC(=O)C2OC(C)(C)O[C@@]23O[C@@H](CC[C@H]3C)[C@H](C)C(=O)CC(OCOC)CC/C=C\C=CCC[C@H](C)OC(=O)C2OC(C)(C)O[C@@]23O[C@@H](CC[C@H]3C)[C@H](C)C(=O)C1. The Balaban J connectivity index is 1.31. The molecule has 0 aromatic carbocycles. The third-order valence-corrected chi connectivity index (χ3v) is 14.6. The molecule has 4 bridgehead atoms. The first-order chi connectivity index (χ1) is 34.2. The molecule has 5 aliphatic heterocycles. The van der Waals surface area contributed by atoms with E-state index < -0.39 is 95.8 Å². The van der Waals surface area contributed by atoms with Crippen molar-refractivity contribution >= 4 is 23.5 Å². The van der Waals surface area contributed by atoms with Crippen LogP contribution in [0.5, 0.6) is 0 Å². The number of cyclic esters (lactones) is 2. The Morgan fingerprint density at radius 1 is 0.486 bits per heavy atom. The van der Waals surface area contributed by atoms with E-state index in [4.69, 9.17) is 56.8 Å². The monoisotopic (exact) mass is 1020 g/mol. The number of allylic oxidation sites excluding steroid dienone is 8. The number of ketones is 2. The van der Waals surface area contributed by atoms with Crippen molar-refractivity contribution in [3.05, 3.63) is 48.6 Å². The Morgan fingerprint density at radius 3 is 1.18 bits per heavy atom. The normalized spacial score (nSPS) is 38.9. The van der Waals surface area contributed by atoms with Gasteiger partial charge in [-0.05, 0) is 119 Å². The van der Waals surface area contributed by atoms with Crippen molar-refractivity contribution in [2.24, 2.45) is 23.7 Å². The van der Waals surface area contributed by atoms with Gasteiger partial charge in [0.05, 0.1) is 36.6 Å². The summed E-state index contributed by atoms with van der Waals surface area (Å²) >= 11 is 0. The quantitative estimate of drug-likeness (QED) is 0.181. The molecule has 0 radical (unpaired) electrons. The number of Topliss-reactive ketones (excluding diaryl/α,β-unsaturated/α-hetero) is 2. The molecule has 4 unspecified atom stereocenters. The Labute approximate surface area is 429 Å². The summed E-state index contributed by atoms with van der Waals surface area (Å²) in [5, 5.41) is 0. The van der Waals surface area contributed by atoms with E-state index in [2.05, 4.69) is 0 Å². The van der Waals surface area contributed by atoms with Crippen LogP contribution in [0.4, 0.5) is 0 Å². The van der Waals surface area contributed by atoms with E-state index in [1.165, 1.54) is 0 Å². The molecule has 0 aromatic rings. The highest BCUT2D eigenvalue weighted by Crippen LogP contribution is 2.50. The van der Waals surface area contributed by atoms with Crippen LogP contribution in [0.2, 0.25) is 0 Å². The van der Waals surface area contributed by atoms with Crippen molar-refractivity contribution < 1.29 is 76.0 Å². The molecule has 4 saturated heterocycles. The van der Waals surface area contributed by atoms with Gasteiger partial charge in [-0.3, -0.25) is 9.59 Å². The molecule has 16 nitrogen and oxygen atoms in total. The Hall–Kier alpha value is -3.16. The van der Waals surface area contributed by atoms with Crippen LogP contribution >= 0.6 is 0 Å². The third kappa shape index (κ3) is 16.4. The fraction of sp³-hybridized carbons (Fsp3) is 0.786. The molecule has 408 valence electrons. The molecule has 0 aliphatic carbocycles. The van der Waals surface area contributed by atoms with E-state index in [1.807, 2.05) is 90.2 Å². The maximum Gasteiger partial charge on any atom is 0.341 e. The molecule has 0 amide bonds. The first-order valence-corrected chi connectivity index (χ1v) is 26.6. The van der Waals surface area contributed by atoms with E-state index in [0.29, 0.717) is 77.0 Å². The summed E-state index contributed by atoms with van der Waals surface area (Å²) in [5.74, 6) is -7.77. The van der Waals surface area contributed by atoms with Crippen LogP contribution in [-0.2, 0) is 76.0 Å². The average molecular weight is 1020 g/mol. The average Bonchev–Trinajstić information content (AvgIpc) is 3.77. The minimum Gasteiger partial charge on any atom is -0.461 e. The van der Waals surface area contributed by atoms with Gasteiger partial charge in [0.1, 0.15) is 25.2 Å². The summed E-state index contributed by atoms with van der Waals surface area (Å²) in [7, 11) is 3.10. The Kier molecular flexibility index (Phi) is 22.9. The van der Waals surface area contributed by atoms with Crippen LogP contribution in [0, 0.1) is 23.7 Å².